The predicted octanol–water partition coefficient (Wildman–Crippen LogP) is 3.66. The number of aromatic nitrogens is 2. The van der Waals surface area contributed by atoms with Gasteiger partial charge in [0, 0.05) is 18.3 Å². The number of rotatable bonds is 7. The summed E-state index contributed by atoms with van der Waals surface area (Å²) in [5.41, 5.74) is 2.22. The van der Waals surface area contributed by atoms with Gasteiger partial charge in [-0.25, -0.2) is 0 Å². The lowest BCUT2D eigenvalue weighted by Crippen LogP contribution is -2.30. The molecule has 1 unspecified atom stereocenters. The average molecular weight is 252 g/mol. The SMILES string of the molecule is CCCCCC(C)(CCC)c1c(C)[nH]n(C)c1=O. The fourth-order valence-corrected chi connectivity index (χ4v) is 3.09. The molecule has 3 heteroatoms. The molecule has 1 rings (SSSR count). The van der Waals surface area contributed by atoms with Gasteiger partial charge in [-0.3, -0.25) is 14.6 Å². The van der Waals surface area contributed by atoms with E-state index < -0.39 is 0 Å². The Morgan fingerprint density at radius 2 is 1.83 bits per heavy atom. The molecule has 0 spiro atoms. The molecule has 0 saturated heterocycles. The van der Waals surface area contributed by atoms with Gasteiger partial charge in [-0.2, -0.15) is 0 Å². The quantitative estimate of drug-likeness (QED) is 0.739. The third kappa shape index (κ3) is 3.06. The number of aromatic amines is 1. The summed E-state index contributed by atoms with van der Waals surface area (Å²) in [6.45, 7) is 8.69. The van der Waals surface area contributed by atoms with Gasteiger partial charge >= 0.3 is 0 Å². The zero-order valence-electron chi connectivity index (χ0n) is 12.6. The van der Waals surface area contributed by atoms with E-state index in [4.69, 9.17) is 0 Å². The monoisotopic (exact) mass is 252 g/mol. The van der Waals surface area contributed by atoms with Crippen LogP contribution in [0.5, 0.6) is 0 Å². The molecule has 0 radical (unpaired) electrons. The molecule has 18 heavy (non-hydrogen) atoms. The lowest BCUT2D eigenvalue weighted by molar-refractivity contribution is 0.374. The van der Waals surface area contributed by atoms with E-state index in [2.05, 4.69) is 25.9 Å². The molecule has 0 aliphatic heterocycles. The normalized spacial score (nSPS) is 14.7. The van der Waals surface area contributed by atoms with Crippen molar-refractivity contribution in [3.05, 3.63) is 21.6 Å². The molecule has 0 aromatic carbocycles. The van der Waals surface area contributed by atoms with Crippen molar-refractivity contribution in [1.82, 2.24) is 9.78 Å². The van der Waals surface area contributed by atoms with Gasteiger partial charge in [0.25, 0.3) is 5.56 Å². The Kier molecular flexibility index (Phi) is 5.24. The summed E-state index contributed by atoms with van der Waals surface area (Å²) < 4.78 is 1.61. The third-order valence-corrected chi connectivity index (χ3v) is 3.97. The van der Waals surface area contributed by atoms with Crippen molar-refractivity contribution in [3.63, 3.8) is 0 Å². The molecule has 3 nitrogen and oxygen atoms in total. The standard InChI is InChI=1S/C15H28N2O/c1-6-8-9-11-15(4,10-7-2)13-12(3)16-17(5)14(13)18/h16H,6-11H2,1-5H3. The van der Waals surface area contributed by atoms with Gasteiger partial charge in [-0.1, -0.05) is 46.5 Å². The minimum Gasteiger partial charge on any atom is -0.300 e. The Morgan fingerprint density at radius 3 is 2.28 bits per heavy atom. The minimum atomic E-state index is 0.0306. The highest BCUT2D eigenvalue weighted by Gasteiger charge is 2.31. The molecule has 0 fully saturated rings. The van der Waals surface area contributed by atoms with E-state index >= 15 is 0 Å². The van der Waals surface area contributed by atoms with Crippen LogP contribution < -0.4 is 5.56 Å². The van der Waals surface area contributed by atoms with Crippen molar-refractivity contribution in [2.75, 3.05) is 0 Å². The molecule has 0 aliphatic rings. The maximum Gasteiger partial charge on any atom is 0.270 e. The summed E-state index contributed by atoms with van der Waals surface area (Å²) >= 11 is 0. The minimum absolute atomic E-state index is 0.0306. The summed E-state index contributed by atoms with van der Waals surface area (Å²) in [4.78, 5) is 12.3. The van der Waals surface area contributed by atoms with Gasteiger partial charge < -0.3 is 0 Å². The number of hydrogen-bond acceptors (Lipinski definition) is 1. The third-order valence-electron chi connectivity index (χ3n) is 3.97. The summed E-state index contributed by atoms with van der Waals surface area (Å²) in [5, 5.41) is 3.13. The average Bonchev–Trinajstić information content (AvgIpc) is 2.54. The number of aryl methyl sites for hydroxylation is 2. The van der Waals surface area contributed by atoms with E-state index in [1.54, 1.807) is 11.7 Å². The van der Waals surface area contributed by atoms with Crippen LogP contribution in [0.25, 0.3) is 0 Å². The number of nitrogens with zero attached hydrogens (tertiary/aromatic N) is 1. The number of nitrogens with one attached hydrogen (secondary N) is 1. The van der Waals surface area contributed by atoms with Gasteiger partial charge in [0.2, 0.25) is 0 Å². The van der Waals surface area contributed by atoms with E-state index in [0.29, 0.717) is 0 Å². The molecule has 1 atom stereocenters. The van der Waals surface area contributed by atoms with Crippen molar-refractivity contribution in [3.8, 4) is 0 Å². The molecule has 1 N–H and O–H groups in total. The molecular formula is C15H28N2O. The Hall–Kier alpha value is -0.990. The Balaban J connectivity index is 3.06. The van der Waals surface area contributed by atoms with E-state index in [-0.39, 0.29) is 11.0 Å². The van der Waals surface area contributed by atoms with Crippen molar-refractivity contribution >= 4 is 0 Å². The number of H-pyrrole nitrogens is 1. The molecule has 0 saturated carbocycles. The zero-order valence-corrected chi connectivity index (χ0v) is 12.6. The fourth-order valence-electron chi connectivity index (χ4n) is 3.09. The first kappa shape index (κ1) is 15.1. The van der Waals surface area contributed by atoms with Crippen LogP contribution in [-0.2, 0) is 12.5 Å². The first-order valence-corrected chi connectivity index (χ1v) is 7.22. The largest absolute Gasteiger partial charge is 0.300 e. The zero-order chi connectivity index (χ0) is 13.8. The van der Waals surface area contributed by atoms with Crippen LogP contribution in [0, 0.1) is 6.92 Å². The Morgan fingerprint density at radius 1 is 1.17 bits per heavy atom. The van der Waals surface area contributed by atoms with E-state index in [1.807, 2.05) is 6.92 Å². The molecule has 1 heterocycles. The number of unbranched alkanes of at least 4 members (excludes halogenated alkanes) is 2. The topological polar surface area (TPSA) is 37.8 Å². The summed E-state index contributed by atoms with van der Waals surface area (Å²) in [6, 6.07) is 0. The lowest BCUT2D eigenvalue weighted by atomic mass is 9.75. The highest BCUT2D eigenvalue weighted by atomic mass is 16.1. The predicted molar refractivity (Wildman–Crippen MR) is 77.2 cm³/mol. The van der Waals surface area contributed by atoms with Crippen molar-refractivity contribution in [2.45, 2.75) is 71.6 Å². The van der Waals surface area contributed by atoms with Gasteiger partial charge in [0.1, 0.15) is 0 Å². The highest BCUT2D eigenvalue weighted by molar-refractivity contribution is 5.26. The molecule has 1 aromatic heterocycles. The van der Waals surface area contributed by atoms with Gasteiger partial charge in [-0.15, -0.1) is 0 Å². The molecular weight excluding hydrogens is 224 g/mol. The highest BCUT2D eigenvalue weighted by Crippen LogP contribution is 2.34. The summed E-state index contributed by atoms with van der Waals surface area (Å²) in [5.74, 6) is 0. The van der Waals surface area contributed by atoms with Crippen LogP contribution >= 0.6 is 0 Å². The van der Waals surface area contributed by atoms with Crippen molar-refractivity contribution < 1.29 is 0 Å². The smallest absolute Gasteiger partial charge is 0.270 e. The first-order chi connectivity index (χ1) is 8.46. The van der Waals surface area contributed by atoms with E-state index in [0.717, 1.165) is 30.5 Å². The van der Waals surface area contributed by atoms with Gasteiger partial charge in [-0.05, 0) is 25.2 Å². The van der Waals surface area contributed by atoms with Crippen LogP contribution in [0.1, 0.15) is 70.6 Å². The molecule has 0 amide bonds. The summed E-state index contributed by atoms with van der Waals surface area (Å²) in [6.07, 6.45) is 7.01. The second kappa shape index (κ2) is 6.26. The van der Waals surface area contributed by atoms with Crippen LogP contribution in [-0.4, -0.2) is 9.78 Å². The fraction of sp³-hybridized carbons (Fsp3) is 0.800. The second-order valence-corrected chi connectivity index (χ2v) is 5.74. The van der Waals surface area contributed by atoms with Crippen LogP contribution in [0.4, 0.5) is 0 Å². The molecule has 104 valence electrons. The van der Waals surface area contributed by atoms with E-state index in [1.165, 1.54) is 19.3 Å². The molecule has 0 bridgehead atoms. The van der Waals surface area contributed by atoms with Gasteiger partial charge in [0.05, 0.1) is 0 Å². The summed E-state index contributed by atoms with van der Waals surface area (Å²) in [7, 11) is 1.80. The maximum atomic E-state index is 12.3. The molecule has 0 aliphatic carbocycles. The lowest BCUT2D eigenvalue weighted by Gasteiger charge is -2.28. The van der Waals surface area contributed by atoms with Crippen LogP contribution in [0.15, 0.2) is 4.79 Å². The van der Waals surface area contributed by atoms with Crippen LogP contribution in [0.3, 0.4) is 0 Å². The van der Waals surface area contributed by atoms with E-state index in [9.17, 15) is 4.79 Å². The Bertz CT molecular complexity index is 430. The van der Waals surface area contributed by atoms with Crippen molar-refractivity contribution in [1.29, 1.82) is 0 Å². The van der Waals surface area contributed by atoms with Gasteiger partial charge in [0.15, 0.2) is 0 Å². The second-order valence-electron chi connectivity index (χ2n) is 5.74. The first-order valence-electron chi connectivity index (χ1n) is 7.22. The van der Waals surface area contributed by atoms with Crippen LogP contribution in [0.2, 0.25) is 0 Å². The Labute approximate surface area is 111 Å². The van der Waals surface area contributed by atoms with Crippen molar-refractivity contribution in [2.24, 2.45) is 7.05 Å². The number of hydrogen-bond donors (Lipinski definition) is 1. The molecule has 1 aromatic rings. The maximum absolute atomic E-state index is 12.3.